The normalized spacial score (nSPS) is 11.3. The van der Waals surface area contributed by atoms with Crippen LogP contribution >= 0.6 is 24.4 Å². The van der Waals surface area contributed by atoms with E-state index in [1.54, 1.807) is 11.8 Å². The molecule has 0 unspecified atom stereocenters. The predicted molar refractivity (Wildman–Crippen MR) is 58.1 cm³/mol. The maximum atomic E-state index is 10.1. The fourth-order valence-electron chi connectivity index (χ4n) is 0.368. The lowest BCUT2D eigenvalue weighted by molar-refractivity contribution is -0.138. The maximum absolute atomic E-state index is 10.1. The highest BCUT2D eigenvalue weighted by Crippen LogP contribution is 1.97. The highest BCUT2D eigenvalue weighted by Gasteiger charge is 2.08. The Morgan fingerprint density at radius 3 is 2.42 bits per heavy atom. The second-order valence-electron chi connectivity index (χ2n) is 2.04. The van der Waals surface area contributed by atoms with Crippen LogP contribution in [0.5, 0.6) is 0 Å². The fraction of sp³-hybridized carbons (Fsp3) is 0.857. The molecule has 0 aliphatic carbocycles. The molecule has 0 aliphatic rings. The summed E-state index contributed by atoms with van der Waals surface area (Å²) in [6.07, 6.45) is 2.48. The molecule has 0 rings (SSSR count). The smallest absolute Gasteiger partial charge is 0.320 e. The van der Waals surface area contributed by atoms with E-state index in [1.807, 2.05) is 13.2 Å². The van der Waals surface area contributed by atoms with Gasteiger partial charge in [-0.1, -0.05) is 6.92 Å². The van der Waals surface area contributed by atoms with Gasteiger partial charge in [-0.3, -0.25) is 4.79 Å². The molecule has 0 fully saturated rings. The standard InChI is InChI=1S/C5H11NO2S.C2H6S/c1-9-3-2-4(6)5(7)8;1-2-3/h4H,2-3,6H2,1H3,(H,7,8);3H,2H2,1H3/t4-;/m0./s1. The van der Waals surface area contributed by atoms with Crippen molar-refractivity contribution in [3.63, 3.8) is 0 Å². The minimum absolute atomic E-state index is 0.552. The third-order valence-electron chi connectivity index (χ3n) is 0.950. The van der Waals surface area contributed by atoms with Gasteiger partial charge in [0.15, 0.2) is 0 Å². The van der Waals surface area contributed by atoms with E-state index >= 15 is 0 Å². The van der Waals surface area contributed by atoms with Crippen molar-refractivity contribution in [2.24, 2.45) is 5.73 Å². The number of hydrogen-bond donors (Lipinski definition) is 3. The van der Waals surface area contributed by atoms with E-state index in [-0.39, 0.29) is 0 Å². The number of rotatable bonds is 4. The van der Waals surface area contributed by atoms with Crippen LogP contribution in [0.2, 0.25) is 0 Å². The van der Waals surface area contributed by atoms with Crippen molar-refractivity contribution in [3.8, 4) is 0 Å². The third kappa shape index (κ3) is 12.8. The number of aliphatic carboxylic acids is 1. The average molecular weight is 211 g/mol. The monoisotopic (exact) mass is 211 g/mol. The van der Waals surface area contributed by atoms with Gasteiger partial charge < -0.3 is 10.8 Å². The number of nitrogens with two attached hydrogens (primary N) is 1. The van der Waals surface area contributed by atoms with E-state index in [2.05, 4.69) is 12.6 Å². The lowest BCUT2D eigenvalue weighted by Gasteiger charge is -2.02. The molecule has 12 heavy (non-hydrogen) atoms. The van der Waals surface area contributed by atoms with Crippen LogP contribution in [0, 0.1) is 0 Å². The number of carbonyl (C=O) groups is 1. The van der Waals surface area contributed by atoms with E-state index in [0.29, 0.717) is 6.42 Å². The molecule has 5 heteroatoms. The van der Waals surface area contributed by atoms with Crippen molar-refractivity contribution in [1.29, 1.82) is 0 Å². The van der Waals surface area contributed by atoms with Gasteiger partial charge in [-0.25, -0.2) is 0 Å². The van der Waals surface area contributed by atoms with Crippen LogP contribution in [0.15, 0.2) is 0 Å². The number of hydrogen-bond acceptors (Lipinski definition) is 4. The quantitative estimate of drug-likeness (QED) is 0.609. The van der Waals surface area contributed by atoms with Crippen LogP contribution in [0.4, 0.5) is 0 Å². The molecule has 0 saturated heterocycles. The molecule has 74 valence electrons. The molecule has 0 bridgehead atoms. The maximum Gasteiger partial charge on any atom is 0.320 e. The zero-order chi connectivity index (χ0) is 9.98. The summed E-state index contributed by atoms with van der Waals surface area (Å²) in [6, 6.07) is -0.683. The van der Waals surface area contributed by atoms with Crippen LogP contribution in [0.1, 0.15) is 13.3 Å². The molecular weight excluding hydrogens is 194 g/mol. The van der Waals surface area contributed by atoms with E-state index in [0.717, 1.165) is 11.5 Å². The van der Waals surface area contributed by atoms with Crippen molar-refractivity contribution >= 4 is 30.4 Å². The van der Waals surface area contributed by atoms with E-state index in [4.69, 9.17) is 10.8 Å². The molecule has 0 aliphatic heterocycles. The van der Waals surface area contributed by atoms with Crippen LogP contribution in [-0.4, -0.2) is 34.9 Å². The summed E-state index contributed by atoms with van der Waals surface area (Å²) >= 11 is 5.39. The highest BCUT2D eigenvalue weighted by molar-refractivity contribution is 7.98. The Bertz CT molecular complexity index is 112. The van der Waals surface area contributed by atoms with Crippen molar-refractivity contribution in [3.05, 3.63) is 0 Å². The summed E-state index contributed by atoms with van der Waals surface area (Å²) in [5.74, 6) is 0.844. The number of thioether (sulfide) groups is 1. The van der Waals surface area contributed by atoms with E-state index in [1.165, 1.54) is 0 Å². The largest absolute Gasteiger partial charge is 0.480 e. The average Bonchev–Trinajstić information content (AvgIpc) is 2.01. The second-order valence-corrected chi connectivity index (χ2v) is 3.66. The second kappa shape index (κ2) is 11.1. The molecule has 0 aromatic carbocycles. The Labute approximate surface area is 83.5 Å². The molecule has 0 amide bonds. The number of carboxylic acids is 1. The van der Waals surface area contributed by atoms with Crippen LogP contribution < -0.4 is 5.73 Å². The van der Waals surface area contributed by atoms with Crippen molar-refractivity contribution < 1.29 is 9.90 Å². The lowest BCUT2D eigenvalue weighted by atomic mass is 10.2. The molecular formula is C7H17NO2S2. The topological polar surface area (TPSA) is 63.3 Å². The van der Waals surface area contributed by atoms with Crippen LogP contribution in [0.25, 0.3) is 0 Å². The number of thiol groups is 1. The molecule has 3 nitrogen and oxygen atoms in total. The first kappa shape index (κ1) is 14.6. The summed E-state index contributed by atoms with van der Waals surface area (Å²) in [5.41, 5.74) is 5.19. The van der Waals surface area contributed by atoms with Gasteiger partial charge in [-0.05, 0) is 24.2 Å². The predicted octanol–water partition coefficient (Wildman–Crippen LogP) is 1.09. The molecule has 1 atom stereocenters. The molecule has 0 aromatic rings. The Balaban J connectivity index is 0. The van der Waals surface area contributed by atoms with Gasteiger partial charge in [-0.2, -0.15) is 24.4 Å². The SMILES string of the molecule is CCS.CSCC[C@H](N)C(=O)O. The lowest BCUT2D eigenvalue weighted by Crippen LogP contribution is -2.30. The summed E-state index contributed by atoms with van der Waals surface area (Å²) in [6.45, 7) is 1.99. The first-order valence-corrected chi connectivity index (χ1v) is 5.70. The zero-order valence-corrected chi connectivity index (χ0v) is 9.20. The van der Waals surface area contributed by atoms with Crippen LogP contribution in [0.3, 0.4) is 0 Å². The van der Waals surface area contributed by atoms with Crippen molar-refractivity contribution in [2.75, 3.05) is 17.8 Å². The van der Waals surface area contributed by atoms with Crippen molar-refractivity contribution in [1.82, 2.24) is 0 Å². The van der Waals surface area contributed by atoms with Crippen LogP contribution in [-0.2, 0) is 4.79 Å². The Hall–Kier alpha value is 0.130. The summed E-state index contributed by atoms with van der Waals surface area (Å²) < 4.78 is 0. The van der Waals surface area contributed by atoms with Gasteiger partial charge in [0.05, 0.1) is 0 Å². The molecule has 0 aromatic heterocycles. The van der Waals surface area contributed by atoms with Gasteiger partial charge in [0.25, 0.3) is 0 Å². The Kier molecular flexibility index (Phi) is 13.6. The summed E-state index contributed by atoms with van der Waals surface area (Å²) in [5, 5.41) is 8.27. The molecule has 0 radical (unpaired) electrons. The van der Waals surface area contributed by atoms with Gasteiger partial charge in [0.2, 0.25) is 0 Å². The summed E-state index contributed by atoms with van der Waals surface area (Å²) in [7, 11) is 0. The first-order chi connectivity index (χ1) is 5.59. The molecule has 0 spiro atoms. The van der Waals surface area contributed by atoms with Gasteiger partial charge >= 0.3 is 5.97 Å². The van der Waals surface area contributed by atoms with Gasteiger partial charge in [0.1, 0.15) is 6.04 Å². The number of carboxylic acid groups (broad SMARTS) is 1. The molecule has 3 N–H and O–H groups in total. The zero-order valence-electron chi connectivity index (χ0n) is 7.49. The van der Waals surface area contributed by atoms with E-state index < -0.39 is 12.0 Å². The van der Waals surface area contributed by atoms with Crippen molar-refractivity contribution in [2.45, 2.75) is 19.4 Å². The Morgan fingerprint density at radius 1 is 1.75 bits per heavy atom. The van der Waals surface area contributed by atoms with Gasteiger partial charge in [-0.15, -0.1) is 0 Å². The minimum atomic E-state index is -0.913. The highest BCUT2D eigenvalue weighted by atomic mass is 32.2. The Morgan fingerprint density at radius 2 is 2.17 bits per heavy atom. The summed E-state index contributed by atoms with van der Waals surface area (Å²) in [4.78, 5) is 10.1. The minimum Gasteiger partial charge on any atom is -0.480 e. The van der Waals surface area contributed by atoms with Gasteiger partial charge in [0, 0.05) is 0 Å². The third-order valence-corrected chi connectivity index (χ3v) is 1.59. The molecule has 0 heterocycles. The van der Waals surface area contributed by atoms with E-state index in [9.17, 15) is 4.79 Å². The fourth-order valence-corrected chi connectivity index (χ4v) is 0.858. The first-order valence-electron chi connectivity index (χ1n) is 3.68. The molecule has 0 saturated carbocycles.